The number of carbonyl (C=O) groups is 5. The first-order valence-electron chi connectivity index (χ1n) is 24.2. The van der Waals surface area contributed by atoms with E-state index < -0.39 is 47.2 Å². The zero-order valence-electron chi connectivity index (χ0n) is 41.5. The smallest absolute Gasteiger partial charge is 0.324 e. The lowest BCUT2D eigenvalue weighted by molar-refractivity contribution is -0.155. The van der Waals surface area contributed by atoms with Gasteiger partial charge in [0.1, 0.15) is 18.1 Å². The van der Waals surface area contributed by atoms with Gasteiger partial charge in [-0.2, -0.15) is 0 Å². The number of hydrogen-bond acceptors (Lipinski definition) is 12. The molecule has 0 spiro atoms. The van der Waals surface area contributed by atoms with E-state index in [4.69, 9.17) is 19.4 Å². The molecule has 3 amide bonds. The number of rotatable bonds is 13. The third-order valence-electron chi connectivity index (χ3n) is 13.8. The van der Waals surface area contributed by atoms with E-state index in [0.717, 1.165) is 44.7 Å². The number of methoxy groups -OCH3 is 1. The number of fused-ring (bicyclic) bond motifs is 6. The van der Waals surface area contributed by atoms with Crippen LogP contribution in [0.15, 0.2) is 54.1 Å². The Labute approximate surface area is 405 Å². The van der Waals surface area contributed by atoms with E-state index in [0.29, 0.717) is 63.2 Å². The first-order chi connectivity index (χ1) is 32.4. The third kappa shape index (κ3) is 11.1. The number of hydrogen-bond donors (Lipinski definition) is 2. The molecule has 7 rings (SSSR count). The van der Waals surface area contributed by atoms with Gasteiger partial charge in [0.05, 0.1) is 34.8 Å². The fraction of sp³-hybridized carbons (Fsp3) is 0.558. The van der Waals surface area contributed by atoms with Gasteiger partial charge in [-0.3, -0.25) is 34.0 Å². The number of nitrogens with one attached hydrogen (secondary N) is 2. The van der Waals surface area contributed by atoms with Crippen molar-refractivity contribution in [1.29, 1.82) is 0 Å². The van der Waals surface area contributed by atoms with E-state index in [1.807, 2.05) is 57.3 Å². The first kappa shape index (κ1) is 50.6. The van der Waals surface area contributed by atoms with Gasteiger partial charge in [0.2, 0.25) is 11.8 Å². The van der Waals surface area contributed by atoms with Crippen LogP contribution in [0.3, 0.4) is 0 Å². The number of ether oxygens (including phenoxy) is 2. The quantitative estimate of drug-likeness (QED) is 0.107. The minimum Gasteiger partial charge on any atom is -0.464 e. The summed E-state index contributed by atoms with van der Waals surface area (Å²) in [4.78, 5) is 83.6. The highest BCUT2D eigenvalue weighted by Gasteiger charge is 2.41. The normalized spacial score (nSPS) is 22.1. The molecule has 3 aromatic heterocycles. The lowest BCUT2D eigenvalue weighted by Crippen LogP contribution is -2.62. The average Bonchev–Trinajstić information content (AvgIpc) is 4.07. The SMILES string of the molecule is CCn1c(-c2cccnc2[C@H](C)OC)c2c3cc(ccc31)-c1csc(n1)C[C@H](NC(=O)[C@H](C(C)C)N(C)C(=O)[C@H]1CCC(C(=O)/C=C/CN(C)C)C1)C(=O)N1CCC[C@H](N1)C(=O)OCC(C)(C)C2. The highest BCUT2D eigenvalue weighted by Crippen LogP contribution is 2.42. The zero-order chi connectivity index (χ0) is 49.0. The van der Waals surface area contributed by atoms with Crippen LogP contribution in [0.1, 0.15) is 96.0 Å². The zero-order valence-corrected chi connectivity index (χ0v) is 42.3. The van der Waals surface area contributed by atoms with E-state index in [-0.39, 0.29) is 42.7 Å². The Morgan fingerprint density at radius 3 is 2.57 bits per heavy atom. The monoisotopic (exact) mass is 951 g/mol. The van der Waals surface area contributed by atoms with Gasteiger partial charge in [0.25, 0.3) is 5.91 Å². The minimum atomic E-state index is -1.08. The Morgan fingerprint density at radius 1 is 1.09 bits per heavy atom. The minimum absolute atomic E-state index is 0.0194. The molecule has 1 unspecified atom stereocenters. The molecule has 6 atom stereocenters. The number of esters is 1. The van der Waals surface area contributed by atoms with E-state index in [2.05, 4.69) is 60.3 Å². The van der Waals surface area contributed by atoms with E-state index in [1.165, 1.54) is 21.2 Å². The maximum atomic E-state index is 14.7. The molecule has 16 heteroatoms. The Bertz CT molecular complexity index is 2530. The molecule has 68 heavy (non-hydrogen) atoms. The van der Waals surface area contributed by atoms with Crippen LogP contribution in [0.4, 0.5) is 0 Å². The van der Waals surface area contributed by atoms with Crippen LogP contribution >= 0.6 is 11.3 Å². The maximum absolute atomic E-state index is 14.7. The predicted octanol–water partition coefficient (Wildman–Crippen LogP) is 6.79. The summed E-state index contributed by atoms with van der Waals surface area (Å²) in [6, 6.07) is 7.67. The third-order valence-corrected chi connectivity index (χ3v) is 14.6. The van der Waals surface area contributed by atoms with Crippen molar-refractivity contribution in [2.45, 2.75) is 117 Å². The first-order valence-corrected chi connectivity index (χ1v) is 25.0. The fourth-order valence-corrected chi connectivity index (χ4v) is 11.0. The van der Waals surface area contributed by atoms with Crippen molar-refractivity contribution in [2.24, 2.45) is 23.2 Å². The number of pyridine rings is 1. The summed E-state index contributed by atoms with van der Waals surface area (Å²) in [5.74, 6) is -2.45. The molecule has 1 aliphatic carbocycles. The Hall–Kier alpha value is -5.29. The molecule has 3 aliphatic rings. The number of allylic oxidation sites excluding steroid dienone is 1. The van der Waals surface area contributed by atoms with Crippen molar-refractivity contribution >= 4 is 51.7 Å². The molecule has 4 aromatic rings. The van der Waals surface area contributed by atoms with Crippen LogP contribution in [0.25, 0.3) is 33.4 Å². The van der Waals surface area contributed by atoms with Gasteiger partial charge in [0.15, 0.2) is 5.78 Å². The maximum Gasteiger partial charge on any atom is 0.324 e. The molecule has 5 heterocycles. The standard InChI is InChI=1S/C52H70N8O7S/c1-11-59-42-21-20-33-26-37(42)38(47(59)36-15-12-22-53-45(36)32(4)66-10)28-52(5,6)30-67-51(65)39-16-13-24-60(56-39)50(64)40(27-44-54-41(33)29-68-44)55-48(62)46(31(2)3)58(9)49(63)35-19-18-34(25-35)43(61)17-14-23-57(7)8/h12,14-15,17,20-22,26,29,31-32,34-35,39-40,46,56H,11,13,16,18-19,23-25,27-28,30H2,1-10H3,(H,55,62)/b17-14+/t32-,34?,35-,39-,40-,46-/m0/s1. The van der Waals surface area contributed by atoms with Crippen molar-refractivity contribution in [3.8, 4) is 22.5 Å². The number of nitrogens with zero attached hydrogens (tertiary/aromatic N) is 6. The number of carbonyl (C=O) groups excluding carboxylic acids is 5. The lowest BCUT2D eigenvalue weighted by atomic mass is 9.84. The number of amides is 3. The molecule has 6 bridgehead atoms. The number of benzene rings is 1. The van der Waals surface area contributed by atoms with Crippen LogP contribution in [0.5, 0.6) is 0 Å². The van der Waals surface area contributed by atoms with Crippen molar-refractivity contribution in [3.63, 3.8) is 0 Å². The second kappa shape index (κ2) is 21.6. The van der Waals surface area contributed by atoms with Crippen molar-refractivity contribution in [2.75, 3.05) is 47.9 Å². The molecule has 1 saturated carbocycles. The number of ketones is 1. The van der Waals surface area contributed by atoms with Crippen LogP contribution in [0, 0.1) is 23.2 Å². The van der Waals surface area contributed by atoms with E-state index in [9.17, 15) is 24.0 Å². The fourth-order valence-electron chi connectivity index (χ4n) is 10.2. The number of aryl methyl sites for hydroxylation is 1. The summed E-state index contributed by atoms with van der Waals surface area (Å²) >= 11 is 1.41. The molecule has 2 N–H and O–H groups in total. The highest BCUT2D eigenvalue weighted by atomic mass is 32.1. The molecular weight excluding hydrogens is 881 g/mol. The van der Waals surface area contributed by atoms with Gasteiger partial charge in [0, 0.05) is 91.1 Å². The van der Waals surface area contributed by atoms with Gasteiger partial charge < -0.3 is 29.2 Å². The summed E-state index contributed by atoms with van der Waals surface area (Å²) in [7, 11) is 7.19. The number of thiazole rings is 1. The molecular formula is C52H70N8O7S. The molecule has 2 fully saturated rings. The van der Waals surface area contributed by atoms with Crippen molar-refractivity contribution in [3.05, 3.63) is 70.3 Å². The second-order valence-corrected chi connectivity index (χ2v) is 21.1. The molecule has 366 valence electrons. The molecule has 2 aliphatic heterocycles. The number of cyclic esters (lactones) is 1. The van der Waals surface area contributed by atoms with Crippen LogP contribution in [-0.2, 0) is 52.8 Å². The number of likely N-dealkylation sites (N-methyl/N-ethyl adjacent to an activating group) is 2. The average molecular weight is 951 g/mol. The Morgan fingerprint density at radius 2 is 1.85 bits per heavy atom. The summed E-state index contributed by atoms with van der Waals surface area (Å²) < 4.78 is 14.3. The molecule has 15 nitrogen and oxygen atoms in total. The Balaban J connectivity index is 1.22. The summed E-state index contributed by atoms with van der Waals surface area (Å²) in [6.07, 6.45) is 8.26. The largest absolute Gasteiger partial charge is 0.464 e. The van der Waals surface area contributed by atoms with Gasteiger partial charge in [-0.25, -0.2) is 10.4 Å². The number of aromatic nitrogens is 3. The highest BCUT2D eigenvalue weighted by molar-refractivity contribution is 7.10. The second-order valence-electron chi connectivity index (χ2n) is 20.2. The predicted molar refractivity (Wildman–Crippen MR) is 264 cm³/mol. The topological polar surface area (TPSA) is 168 Å². The van der Waals surface area contributed by atoms with Crippen molar-refractivity contribution in [1.82, 2.24) is 40.1 Å². The van der Waals surface area contributed by atoms with Gasteiger partial charge in [-0.15, -0.1) is 11.3 Å². The van der Waals surface area contributed by atoms with Crippen LogP contribution in [0.2, 0.25) is 0 Å². The number of hydrazine groups is 1. The van der Waals surface area contributed by atoms with Crippen molar-refractivity contribution < 1.29 is 33.4 Å². The Kier molecular flexibility index (Phi) is 16.0. The van der Waals surface area contributed by atoms with E-state index in [1.54, 1.807) is 26.4 Å². The summed E-state index contributed by atoms with van der Waals surface area (Å²) in [6.45, 7) is 13.9. The summed E-state index contributed by atoms with van der Waals surface area (Å²) in [5, 5.41) is 8.15. The van der Waals surface area contributed by atoms with Gasteiger partial charge >= 0.3 is 5.97 Å². The van der Waals surface area contributed by atoms with Crippen LogP contribution in [-0.4, -0.2) is 125 Å². The van der Waals surface area contributed by atoms with Crippen LogP contribution < -0.4 is 10.7 Å². The van der Waals surface area contributed by atoms with E-state index >= 15 is 0 Å². The summed E-state index contributed by atoms with van der Waals surface area (Å²) in [5.41, 5.74) is 9.29. The van der Waals surface area contributed by atoms with Gasteiger partial charge in [-0.1, -0.05) is 39.8 Å². The molecule has 1 aromatic carbocycles. The lowest BCUT2D eigenvalue weighted by Gasteiger charge is -2.37. The molecule has 0 radical (unpaired) electrons. The van der Waals surface area contributed by atoms with Gasteiger partial charge in [-0.05, 0) is 108 Å². The molecule has 1 saturated heterocycles.